The zero-order chi connectivity index (χ0) is 19.4. The number of nitrogens with two attached hydrogens (primary N) is 1. The van der Waals surface area contributed by atoms with E-state index in [1.165, 1.54) is 0 Å². The Kier molecular flexibility index (Phi) is 6.05. The summed E-state index contributed by atoms with van der Waals surface area (Å²) in [4.78, 5) is 16.8. The van der Waals surface area contributed by atoms with Crippen LogP contribution in [0.3, 0.4) is 0 Å². The van der Waals surface area contributed by atoms with Gasteiger partial charge in [-0.1, -0.05) is 37.7 Å². The van der Waals surface area contributed by atoms with Crippen LogP contribution in [0.4, 0.5) is 5.95 Å². The molecular weight excluding hydrogens is 362 g/mol. The maximum Gasteiger partial charge on any atom is 0.248 e. The summed E-state index contributed by atoms with van der Waals surface area (Å²) in [6, 6.07) is 7.28. The molecule has 1 aliphatic rings. The second-order valence-corrected chi connectivity index (χ2v) is 7.42. The molecule has 144 valence electrons. The zero-order valence-electron chi connectivity index (χ0n) is 15.9. The number of anilines is 1. The van der Waals surface area contributed by atoms with Crippen molar-refractivity contribution >= 4 is 23.6 Å². The molecule has 0 fully saturated rings. The molecule has 3 rings (SSSR count). The first-order valence-corrected chi connectivity index (χ1v) is 10.1. The fourth-order valence-electron chi connectivity index (χ4n) is 3.01. The van der Waals surface area contributed by atoms with Crippen molar-refractivity contribution in [3.8, 4) is 5.75 Å². The molecule has 1 aromatic heterocycles. The van der Waals surface area contributed by atoms with Gasteiger partial charge in [-0.2, -0.15) is 4.98 Å². The Labute approximate surface area is 163 Å². The highest BCUT2D eigenvalue weighted by molar-refractivity contribution is 7.99. The zero-order valence-corrected chi connectivity index (χ0v) is 16.7. The fourth-order valence-corrected chi connectivity index (χ4v) is 3.69. The summed E-state index contributed by atoms with van der Waals surface area (Å²) < 4.78 is 7.50. The number of rotatable bonds is 8. The summed E-state index contributed by atoms with van der Waals surface area (Å²) in [6.45, 7) is 6.65. The normalized spacial score (nSPS) is 16.0. The fraction of sp³-hybridized carbons (Fsp3) is 0.421. The molecule has 27 heavy (non-hydrogen) atoms. The molecular formula is C19H25N5O2S. The number of amides is 1. The number of carbonyl (C=O) groups excluding carboxylic acids is 1. The molecule has 1 unspecified atom stereocenters. The average Bonchev–Trinajstić information content (AvgIpc) is 3.05. The van der Waals surface area contributed by atoms with Gasteiger partial charge in [0.2, 0.25) is 17.0 Å². The Bertz CT molecular complexity index is 862. The molecule has 0 aliphatic carbocycles. The Balaban J connectivity index is 2.05. The van der Waals surface area contributed by atoms with Crippen LogP contribution >= 0.6 is 11.8 Å². The van der Waals surface area contributed by atoms with Crippen molar-refractivity contribution < 1.29 is 9.53 Å². The van der Waals surface area contributed by atoms with Crippen LogP contribution < -0.4 is 15.8 Å². The molecule has 0 radical (unpaired) electrons. The number of aromatic nitrogens is 3. The maximum absolute atomic E-state index is 12.2. The van der Waals surface area contributed by atoms with E-state index in [0.717, 1.165) is 29.9 Å². The van der Waals surface area contributed by atoms with E-state index in [0.29, 0.717) is 29.0 Å². The third kappa shape index (κ3) is 4.10. The van der Waals surface area contributed by atoms with Crippen molar-refractivity contribution in [1.82, 2.24) is 14.8 Å². The number of thioether (sulfide) groups is 1. The number of hydrogen-bond donors (Lipinski definition) is 2. The van der Waals surface area contributed by atoms with Crippen LogP contribution in [0.15, 0.2) is 40.7 Å². The maximum atomic E-state index is 12.2. The van der Waals surface area contributed by atoms with Crippen LogP contribution in [-0.4, -0.2) is 33.0 Å². The van der Waals surface area contributed by atoms with Crippen LogP contribution in [0, 0.1) is 0 Å². The Hall–Kier alpha value is -2.48. The summed E-state index contributed by atoms with van der Waals surface area (Å²) >= 11 is 1.59. The van der Waals surface area contributed by atoms with Gasteiger partial charge in [-0.05, 0) is 37.5 Å². The average molecular weight is 388 g/mol. The minimum atomic E-state index is -0.478. The molecule has 0 bridgehead atoms. The van der Waals surface area contributed by atoms with Crippen LogP contribution in [0.2, 0.25) is 0 Å². The van der Waals surface area contributed by atoms with Crippen LogP contribution in [0.5, 0.6) is 5.75 Å². The number of nitrogens with zero attached hydrogens (tertiary/aromatic N) is 3. The highest BCUT2D eigenvalue weighted by Crippen LogP contribution is 2.36. The lowest BCUT2D eigenvalue weighted by Gasteiger charge is -2.27. The molecule has 2 heterocycles. The number of benzene rings is 1. The quantitative estimate of drug-likeness (QED) is 0.675. The van der Waals surface area contributed by atoms with E-state index in [9.17, 15) is 4.79 Å². The Morgan fingerprint density at radius 1 is 1.37 bits per heavy atom. The summed E-state index contributed by atoms with van der Waals surface area (Å²) in [6.07, 6.45) is 1.96. The third-order valence-corrected chi connectivity index (χ3v) is 5.22. The standard InChI is InChI=1S/C19H25N5O2S/c1-4-9-26-14-8-6-7-13(11-14)16-15(17(20)25)12(3)21-18-22-19(23-24(16)18)27-10-5-2/h6-8,11,16H,4-5,9-10H2,1-3H3,(H2,20,25)(H,21,22,23). The summed E-state index contributed by atoms with van der Waals surface area (Å²) in [5.41, 5.74) is 7.77. The van der Waals surface area contributed by atoms with Gasteiger partial charge in [0.05, 0.1) is 12.2 Å². The topological polar surface area (TPSA) is 95.1 Å². The monoisotopic (exact) mass is 387 g/mol. The second-order valence-electron chi connectivity index (χ2n) is 6.36. The molecule has 1 atom stereocenters. The van der Waals surface area contributed by atoms with E-state index in [-0.39, 0.29) is 0 Å². The lowest BCUT2D eigenvalue weighted by molar-refractivity contribution is -0.115. The molecule has 1 aliphatic heterocycles. The second kappa shape index (κ2) is 8.47. The van der Waals surface area contributed by atoms with Crippen LogP contribution in [0.1, 0.15) is 45.2 Å². The SMILES string of the molecule is CCCOc1cccc(C2C(C(N)=O)=C(C)Nc3nc(SCCC)nn32)c1. The molecule has 3 N–H and O–H groups in total. The molecule has 7 nitrogen and oxygen atoms in total. The summed E-state index contributed by atoms with van der Waals surface area (Å²) in [5, 5.41) is 8.47. The van der Waals surface area contributed by atoms with Crippen molar-refractivity contribution in [2.45, 2.75) is 44.8 Å². The lowest BCUT2D eigenvalue weighted by Crippen LogP contribution is -2.31. The Morgan fingerprint density at radius 2 is 2.19 bits per heavy atom. The van der Waals surface area contributed by atoms with E-state index in [1.807, 2.05) is 31.2 Å². The van der Waals surface area contributed by atoms with Gasteiger partial charge in [-0.3, -0.25) is 4.79 Å². The van der Waals surface area contributed by atoms with Crippen molar-refractivity contribution in [3.05, 3.63) is 41.1 Å². The lowest BCUT2D eigenvalue weighted by atomic mass is 9.95. The molecule has 8 heteroatoms. The van der Waals surface area contributed by atoms with E-state index < -0.39 is 11.9 Å². The van der Waals surface area contributed by atoms with Gasteiger partial charge in [0, 0.05) is 11.4 Å². The number of nitrogens with one attached hydrogen (secondary N) is 1. The highest BCUT2D eigenvalue weighted by atomic mass is 32.2. The van der Waals surface area contributed by atoms with Crippen molar-refractivity contribution in [2.75, 3.05) is 17.7 Å². The smallest absolute Gasteiger partial charge is 0.248 e. The minimum absolute atomic E-state index is 0.438. The summed E-state index contributed by atoms with van der Waals surface area (Å²) in [7, 11) is 0. The van der Waals surface area contributed by atoms with E-state index in [2.05, 4.69) is 29.2 Å². The molecule has 2 aromatic rings. The van der Waals surface area contributed by atoms with Gasteiger partial charge >= 0.3 is 0 Å². The number of hydrogen-bond acceptors (Lipinski definition) is 6. The number of carbonyl (C=O) groups is 1. The van der Waals surface area contributed by atoms with Gasteiger partial charge in [0.25, 0.3) is 0 Å². The first-order chi connectivity index (χ1) is 13.0. The molecule has 1 aromatic carbocycles. The number of primary amides is 1. The van der Waals surface area contributed by atoms with Crippen molar-refractivity contribution in [3.63, 3.8) is 0 Å². The predicted molar refractivity (Wildman–Crippen MR) is 107 cm³/mol. The molecule has 1 amide bonds. The largest absolute Gasteiger partial charge is 0.494 e. The number of fused-ring (bicyclic) bond motifs is 1. The third-order valence-electron chi connectivity index (χ3n) is 4.18. The van der Waals surface area contributed by atoms with Gasteiger partial charge in [0.1, 0.15) is 11.8 Å². The van der Waals surface area contributed by atoms with Gasteiger partial charge in [0.15, 0.2) is 0 Å². The van der Waals surface area contributed by atoms with Gasteiger partial charge in [-0.15, -0.1) is 5.10 Å². The number of allylic oxidation sites excluding steroid dienone is 1. The van der Waals surface area contributed by atoms with Crippen LogP contribution in [-0.2, 0) is 4.79 Å². The minimum Gasteiger partial charge on any atom is -0.494 e. The van der Waals surface area contributed by atoms with E-state index >= 15 is 0 Å². The number of ether oxygens (including phenoxy) is 1. The predicted octanol–water partition coefficient (Wildman–Crippen LogP) is 3.34. The van der Waals surface area contributed by atoms with Gasteiger partial charge < -0.3 is 15.8 Å². The van der Waals surface area contributed by atoms with Crippen molar-refractivity contribution in [1.29, 1.82) is 0 Å². The Morgan fingerprint density at radius 3 is 2.89 bits per heavy atom. The van der Waals surface area contributed by atoms with Crippen LogP contribution in [0.25, 0.3) is 0 Å². The highest BCUT2D eigenvalue weighted by Gasteiger charge is 2.33. The van der Waals surface area contributed by atoms with Gasteiger partial charge in [-0.25, -0.2) is 4.68 Å². The van der Waals surface area contributed by atoms with E-state index in [4.69, 9.17) is 10.5 Å². The van der Waals surface area contributed by atoms with Crippen molar-refractivity contribution in [2.24, 2.45) is 5.73 Å². The molecule has 0 spiro atoms. The van der Waals surface area contributed by atoms with E-state index in [1.54, 1.807) is 16.4 Å². The summed E-state index contributed by atoms with van der Waals surface area (Å²) in [5.74, 6) is 1.83. The molecule has 0 saturated carbocycles. The first kappa shape index (κ1) is 19.3. The first-order valence-electron chi connectivity index (χ1n) is 9.14. The molecule has 0 saturated heterocycles.